The predicted molar refractivity (Wildman–Crippen MR) is 85.1 cm³/mol. The third-order valence-corrected chi connectivity index (χ3v) is 4.04. The van der Waals surface area contributed by atoms with Crippen molar-refractivity contribution < 1.29 is 5.11 Å². The summed E-state index contributed by atoms with van der Waals surface area (Å²) in [6.07, 6.45) is 1.25. The molecule has 0 saturated heterocycles. The third kappa shape index (κ3) is 3.94. The lowest BCUT2D eigenvalue weighted by Crippen LogP contribution is -2.14. The summed E-state index contributed by atoms with van der Waals surface area (Å²) in [5.41, 5.74) is 5.12. The van der Waals surface area contributed by atoms with Crippen LogP contribution in [0.4, 0.5) is 0 Å². The quantitative estimate of drug-likeness (QED) is 0.852. The molecule has 1 N–H and O–H groups in total. The van der Waals surface area contributed by atoms with Crippen LogP contribution in [0.25, 0.3) is 0 Å². The van der Waals surface area contributed by atoms with E-state index >= 15 is 0 Å². The number of rotatable bonds is 5. The molecule has 0 saturated carbocycles. The number of hydrogen-bond donors (Lipinski definition) is 1. The van der Waals surface area contributed by atoms with Crippen molar-refractivity contribution in [3.8, 4) is 0 Å². The Hall–Kier alpha value is -1.60. The van der Waals surface area contributed by atoms with Gasteiger partial charge in [-0.2, -0.15) is 0 Å². The van der Waals surface area contributed by atoms with Crippen LogP contribution < -0.4 is 0 Å². The Morgan fingerprint density at radius 3 is 2.30 bits per heavy atom. The van der Waals surface area contributed by atoms with Crippen molar-refractivity contribution in [1.82, 2.24) is 0 Å². The maximum absolute atomic E-state index is 10.3. The van der Waals surface area contributed by atoms with E-state index in [1.54, 1.807) is 0 Å². The highest BCUT2D eigenvalue weighted by Crippen LogP contribution is 2.22. The standard InChI is InChI=1S/C19H24O/c1-14-9-10-17(11-15(14)2)13-19(20)12-16(3)18-7-5-4-6-8-18/h4-11,16,19-20H,12-13H2,1-3H3. The predicted octanol–water partition coefficient (Wildman–Crippen LogP) is 4.40. The summed E-state index contributed by atoms with van der Waals surface area (Å²) in [4.78, 5) is 0. The van der Waals surface area contributed by atoms with Crippen LogP contribution in [0.2, 0.25) is 0 Å². The van der Waals surface area contributed by atoms with Gasteiger partial charge in [0, 0.05) is 0 Å². The Labute approximate surface area is 122 Å². The minimum atomic E-state index is -0.285. The second-order valence-corrected chi connectivity index (χ2v) is 5.82. The van der Waals surface area contributed by atoms with Crippen molar-refractivity contribution in [1.29, 1.82) is 0 Å². The molecule has 1 heteroatoms. The molecule has 1 nitrogen and oxygen atoms in total. The largest absolute Gasteiger partial charge is 0.393 e. The third-order valence-electron chi connectivity index (χ3n) is 4.04. The number of aliphatic hydroxyl groups is 1. The highest BCUT2D eigenvalue weighted by molar-refractivity contribution is 5.30. The fourth-order valence-corrected chi connectivity index (χ4v) is 2.61. The number of aliphatic hydroxyl groups excluding tert-OH is 1. The molecule has 0 aromatic heterocycles. The van der Waals surface area contributed by atoms with E-state index in [4.69, 9.17) is 0 Å². The van der Waals surface area contributed by atoms with Crippen molar-refractivity contribution in [3.63, 3.8) is 0 Å². The summed E-state index contributed by atoms with van der Waals surface area (Å²) in [7, 11) is 0. The molecule has 0 aliphatic rings. The van der Waals surface area contributed by atoms with Crippen molar-refractivity contribution in [3.05, 3.63) is 70.8 Å². The molecule has 2 atom stereocenters. The van der Waals surface area contributed by atoms with E-state index in [9.17, 15) is 5.11 Å². The first-order chi connectivity index (χ1) is 9.56. The van der Waals surface area contributed by atoms with Gasteiger partial charge in [-0.05, 0) is 54.9 Å². The van der Waals surface area contributed by atoms with Gasteiger partial charge in [-0.1, -0.05) is 55.5 Å². The summed E-state index contributed by atoms with van der Waals surface area (Å²) in [6.45, 7) is 6.42. The highest BCUT2D eigenvalue weighted by atomic mass is 16.3. The second-order valence-electron chi connectivity index (χ2n) is 5.82. The van der Waals surface area contributed by atoms with Gasteiger partial charge in [0.2, 0.25) is 0 Å². The molecule has 0 radical (unpaired) electrons. The Kier molecular flexibility index (Phi) is 4.97. The molecule has 106 valence electrons. The average molecular weight is 268 g/mol. The Bertz CT molecular complexity index is 545. The van der Waals surface area contributed by atoms with Crippen molar-refractivity contribution >= 4 is 0 Å². The fourth-order valence-electron chi connectivity index (χ4n) is 2.61. The molecule has 0 amide bonds. The minimum absolute atomic E-state index is 0.285. The molecule has 0 aliphatic heterocycles. The molecule has 0 fully saturated rings. The van der Waals surface area contributed by atoms with Gasteiger partial charge in [-0.3, -0.25) is 0 Å². The normalized spacial score (nSPS) is 14.0. The Balaban J connectivity index is 1.95. The van der Waals surface area contributed by atoms with Gasteiger partial charge in [0.1, 0.15) is 0 Å². The van der Waals surface area contributed by atoms with Crippen LogP contribution in [0, 0.1) is 13.8 Å². The summed E-state index contributed by atoms with van der Waals surface area (Å²) < 4.78 is 0. The molecular formula is C19H24O. The summed E-state index contributed by atoms with van der Waals surface area (Å²) in [5.74, 6) is 0.387. The SMILES string of the molecule is Cc1ccc(CC(O)CC(C)c2ccccc2)cc1C. The average Bonchev–Trinajstić information content (AvgIpc) is 2.44. The fraction of sp³-hybridized carbons (Fsp3) is 0.368. The molecule has 0 bridgehead atoms. The van der Waals surface area contributed by atoms with Crippen LogP contribution in [0.3, 0.4) is 0 Å². The highest BCUT2D eigenvalue weighted by Gasteiger charge is 2.13. The zero-order valence-electron chi connectivity index (χ0n) is 12.6. The maximum Gasteiger partial charge on any atom is 0.0586 e. The van der Waals surface area contributed by atoms with E-state index in [1.165, 1.54) is 22.3 Å². The number of aryl methyl sites for hydroxylation is 2. The van der Waals surface area contributed by atoms with E-state index in [-0.39, 0.29) is 6.10 Å². The molecule has 0 aliphatic carbocycles. The minimum Gasteiger partial charge on any atom is -0.393 e. The van der Waals surface area contributed by atoms with E-state index in [2.05, 4.69) is 63.2 Å². The molecule has 2 rings (SSSR count). The molecule has 2 aromatic rings. The number of benzene rings is 2. The topological polar surface area (TPSA) is 20.2 Å². The van der Waals surface area contributed by atoms with Crippen molar-refractivity contribution in [2.75, 3.05) is 0 Å². The summed E-state index contributed by atoms with van der Waals surface area (Å²) >= 11 is 0. The zero-order valence-corrected chi connectivity index (χ0v) is 12.6. The molecule has 2 unspecified atom stereocenters. The summed E-state index contributed by atoms with van der Waals surface area (Å²) in [6, 6.07) is 16.9. The lowest BCUT2D eigenvalue weighted by Gasteiger charge is -2.17. The van der Waals surface area contributed by atoms with Gasteiger partial charge in [-0.25, -0.2) is 0 Å². The monoisotopic (exact) mass is 268 g/mol. The van der Waals surface area contributed by atoms with Crippen LogP contribution in [0.5, 0.6) is 0 Å². The Morgan fingerprint density at radius 1 is 0.950 bits per heavy atom. The number of hydrogen-bond acceptors (Lipinski definition) is 1. The van der Waals surface area contributed by atoms with Gasteiger partial charge < -0.3 is 5.11 Å². The zero-order chi connectivity index (χ0) is 14.5. The van der Waals surface area contributed by atoms with Gasteiger partial charge in [0.05, 0.1) is 6.10 Å². The van der Waals surface area contributed by atoms with E-state index in [0.717, 1.165) is 12.8 Å². The molecule has 20 heavy (non-hydrogen) atoms. The first-order valence-electron chi connectivity index (χ1n) is 7.35. The first kappa shape index (κ1) is 14.8. The molecule has 2 aromatic carbocycles. The molecule has 0 spiro atoms. The van der Waals surface area contributed by atoms with Crippen LogP contribution in [-0.2, 0) is 6.42 Å². The van der Waals surface area contributed by atoms with E-state index in [1.807, 2.05) is 6.07 Å². The first-order valence-corrected chi connectivity index (χ1v) is 7.35. The van der Waals surface area contributed by atoms with Crippen LogP contribution >= 0.6 is 0 Å². The second kappa shape index (κ2) is 6.71. The van der Waals surface area contributed by atoms with Gasteiger partial charge >= 0.3 is 0 Å². The van der Waals surface area contributed by atoms with Crippen LogP contribution in [0.1, 0.15) is 41.5 Å². The van der Waals surface area contributed by atoms with Crippen molar-refractivity contribution in [2.24, 2.45) is 0 Å². The van der Waals surface area contributed by atoms with E-state index < -0.39 is 0 Å². The lowest BCUT2D eigenvalue weighted by molar-refractivity contribution is 0.157. The van der Waals surface area contributed by atoms with E-state index in [0.29, 0.717) is 5.92 Å². The molecular weight excluding hydrogens is 244 g/mol. The van der Waals surface area contributed by atoms with Gasteiger partial charge in [0.15, 0.2) is 0 Å². The smallest absolute Gasteiger partial charge is 0.0586 e. The maximum atomic E-state index is 10.3. The van der Waals surface area contributed by atoms with Gasteiger partial charge in [0.25, 0.3) is 0 Å². The van der Waals surface area contributed by atoms with Gasteiger partial charge in [-0.15, -0.1) is 0 Å². The summed E-state index contributed by atoms with van der Waals surface area (Å²) in [5, 5.41) is 10.3. The molecule has 0 heterocycles. The van der Waals surface area contributed by atoms with Crippen molar-refractivity contribution in [2.45, 2.75) is 45.6 Å². The lowest BCUT2D eigenvalue weighted by atomic mass is 9.92. The van der Waals surface area contributed by atoms with Crippen LogP contribution in [-0.4, -0.2) is 11.2 Å². The Morgan fingerprint density at radius 2 is 1.65 bits per heavy atom. The van der Waals surface area contributed by atoms with Crippen LogP contribution in [0.15, 0.2) is 48.5 Å².